The van der Waals surface area contributed by atoms with Gasteiger partial charge in [0.1, 0.15) is 0 Å². The lowest BCUT2D eigenvalue weighted by atomic mass is 9.98. The van der Waals surface area contributed by atoms with E-state index >= 15 is 0 Å². The third-order valence-electron chi connectivity index (χ3n) is 3.36. The summed E-state index contributed by atoms with van der Waals surface area (Å²) in [4.78, 5) is 0. The van der Waals surface area contributed by atoms with Crippen LogP contribution < -0.4 is 5.73 Å². The van der Waals surface area contributed by atoms with Crippen LogP contribution in [-0.4, -0.2) is 6.54 Å². The maximum Gasteiger partial charge on any atom is 0.00779 e. The molecule has 0 radical (unpaired) electrons. The van der Waals surface area contributed by atoms with Crippen molar-refractivity contribution in [2.24, 2.45) is 17.1 Å². The highest BCUT2D eigenvalue weighted by atomic mass is 14.7. The van der Waals surface area contributed by atoms with Gasteiger partial charge >= 0.3 is 0 Å². The third kappa shape index (κ3) is 2.94. The molecular weight excluding hydrogens is 182 g/mol. The van der Waals surface area contributed by atoms with E-state index in [-0.39, 0.29) is 0 Å². The third-order valence-corrected chi connectivity index (χ3v) is 3.36. The van der Waals surface area contributed by atoms with Crippen molar-refractivity contribution in [3.63, 3.8) is 0 Å². The molecule has 1 saturated carbocycles. The molecular formula is C14H25N. The van der Waals surface area contributed by atoms with Gasteiger partial charge in [0.25, 0.3) is 0 Å². The molecule has 15 heavy (non-hydrogen) atoms. The van der Waals surface area contributed by atoms with Crippen LogP contribution in [0.2, 0.25) is 0 Å². The molecule has 0 aromatic rings. The van der Waals surface area contributed by atoms with Crippen LogP contribution >= 0.6 is 0 Å². The van der Waals surface area contributed by atoms with Gasteiger partial charge in [-0.3, -0.25) is 0 Å². The zero-order valence-corrected chi connectivity index (χ0v) is 10.6. The topological polar surface area (TPSA) is 26.0 Å². The summed E-state index contributed by atoms with van der Waals surface area (Å²) in [6.07, 6.45) is 8.26. The molecule has 0 aliphatic heterocycles. The van der Waals surface area contributed by atoms with Crippen LogP contribution in [0.4, 0.5) is 0 Å². The molecule has 0 spiro atoms. The Morgan fingerprint density at radius 2 is 2.20 bits per heavy atom. The van der Waals surface area contributed by atoms with Crippen molar-refractivity contribution in [1.82, 2.24) is 0 Å². The quantitative estimate of drug-likeness (QED) is 0.731. The lowest BCUT2D eigenvalue weighted by molar-refractivity contribution is 0.494. The molecule has 1 rings (SSSR count). The fraction of sp³-hybridized carbons (Fsp3) is 0.714. The number of hydrogen-bond acceptors (Lipinski definition) is 1. The van der Waals surface area contributed by atoms with Gasteiger partial charge in [-0.15, -0.1) is 0 Å². The largest absolute Gasteiger partial charge is 0.330 e. The first-order chi connectivity index (χ1) is 7.05. The van der Waals surface area contributed by atoms with Crippen molar-refractivity contribution in [3.05, 3.63) is 23.3 Å². The van der Waals surface area contributed by atoms with Crippen molar-refractivity contribution in [1.29, 1.82) is 0 Å². The minimum absolute atomic E-state index is 0.375. The van der Waals surface area contributed by atoms with E-state index in [1.54, 1.807) is 5.57 Å². The molecule has 1 unspecified atom stereocenters. The molecule has 0 heterocycles. The fourth-order valence-electron chi connectivity index (χ4n) is 2.30. The number of nitrogens with two attached hydrogens (primary N) is 1. The van der Waals surface area contributed by atoms with Gasteiger partial charge in [-0.05, 0) is 25.7 Å². The molecule has 0 amide bonds. The first kappa shape index (κ1) is 12.5. The highest BCUT2D eigenvalue weighted by Crippen LogP contribution is 2.56. The number of rotatable bonds is 5. The molecule has 86 valence electrons. The van der Waals surface area contributed by atoms with Crippen LogP contribution in [0.25, 0.3) is 0 Å². The van der Waals surface area contributed by atoms with E-state index in [2.05, 4.69) is 39.8 Å². The second kappa shape index (κ2) is 4.98. The van der Waals surface area contributed by atoms with E-state index < -0.39 is 0 Å². The van der Waals surface area contributed by atoms with E-state index in [0.29, 0.717) is 11.3 Å². The second-order valence-corrected chi connectivity index (χ2v) is 5.18. The molecule has 1 nitrogen and oxygen atoms in total. The molecule has 1 heteroatoms. The molecule has 0 bridgehead atoms. The molecule has 1 atom stereocenters. The van der Waals surface area contributed by atoms with Gasteiger partial charge in [-0.2, -0.15) is 0 Å². The SMILES string of the molecule is CCCC1(CN)CC1=C(C)C=CC(C)C. The first-order valence-electron chi connectivity index (χ1n) is 6.14. The molecule has 2 N–H and O–H groups in total. The summed E-state index contributed by atoms with van der Waals surface area (Å²) in [5.41, 5.74) is 9.30. The van der Waals surface area contributed by atoms with Crippen molar-refractivity contribution < 1.29 is 0 Å². The minimum Gasteiger partial charge on any atom is -0.330 e. The maximum atomic E-state index is 5.88. The standard InChI is InChI=1S/C14H25N/c1-5-8-14(10-15)9-13(14)12(4)7-6-11(2)3/h6-7,11H,5,8-10,15H2,1-4H3. The van der Waals surface area contributed by atoms with Gasteiger partial charge in [0.15, 0.2) is 0 Å². The van der Waals surface area contributed by atoms with E-state index in [9.17, 15) is 0 Å². The molecule has 0 aromatic carbocycles. The summed E-state index contributed by atoms with van der Waals surface area (Å²) in [5.74, 6) is 0.637. The van der Waals surface area contributed by atoms with Crippen molar-refractivity contribution in [3.8, 4) is 0 Å². The summed E-state index contributed by atoms with van der Waals surface area (Å²) >= 11 is 0. The summed E-state index contributed by atoms with van der Waals surface area (Å²) in [5, 5.41) is 0. The smallest absolute Gasteiger partial charge is 0.00779 e. The van der Waals surface area contributed by atoms with Crippen LogP contribution in [0.1, 0.15) is 47.0 Å². The van der Waals surface area contributed by atoms with Crippen LogP contribution in [0.3, 0.4) is 0 Å². The normalized spacial score (nSPS) is 28.9. The molecule has 1 aliphatic rings. The highest BCUT2D eigenvalue weighted by molar-refractivity contribution is 5.41. The Morgan fingerprint density at radius 3 is 2.67 bits per heavy atom. The van der Waals surface area contributed by atoms with Crippen LogP contribution in [0, 0.1) is 11.3 Å². The van der Waals surface area contributed by atoms with Crippen LogP contribution in [0.15, 0.2) is 23.3 Å². The van der Waals surface area contributed by atoms with Gasteiger partial charge in [0, 0.05) is 12.0 Å². The van der Waals surface area contributed by atoms with Gasteiger partial charge in [0.05, 0.1) is 0 Å². The lowest BCUT2D eigenvalue weighted by Gasteiger charge is -2.10. The number of allylic oxidation sites excluding steroid dienone is 3. The molecule has 1 aliphatic carbocycles. The minimum atomic E-state index is 0.375. The maximum absolute atomic E-state index is 5.88. The molecule has 1 fully saturated rings. The van der Waals surface area contributed by atoms with Gasteiger partial charge in [-0.1, -0.05) is 50.5 Å². The fourth-order valence-corrected chi connectivity index (χ4v) is 2.30. The highest BCUT2D eigenvalue weighted by Gasteiger charge is 2.47. The van der Waals surface area contributed by atoms with E-state index in [1.807, 2.05) is 0 Å². The summed E-state index contributed by atoms with van der Waals surface area (Å²) < 4.78 is 0. The summed E-state index contributed by atoms with van der Waals surface area (Å²) in [6.45, 7) is 9.71. The Labute approximate surface area is 94.4 Å². The van der Waals surface area contributed by atoms with E-state index in [4.69, 9.17) is 5.73 Å². The van der Waals surface area contributed by atoms with Gasteiger partial charge in [0.2, 0.25) is 0 Å². The van der Waals surface area contributed by atoms with E-state index in [0.717, 1.165) is 6.54 Å². The zero-order chi connectivity index (χ0) is 11.5. The predicted molar refractivity (Wildman–Crippen MR) is 67.7 cm³/mol. The second-order valence-electron chi connectivity index (χ2n) is 5.18. The average Bonchev–Trinajstić information content (AvgIpc) is 2.90. The Hall–Kier alpha value is -0.560. The Morgan fingerprint density at radius 1 is 1.53 bits per heavy atom. The lowest BCUT2D eigenvalue weighted by Crippen LogP contribution is -2.15. The first-order valence-corrected chi connectivity index (χ1v) is 6.14. The summed E-state index contributed by atoms with van der Waals surface area (Å²) in [6, 6.07) is 0. The average molecular weight is 207 g/mol. The van der Waals surface area contributed by atoms with Crippen LogP contribution in [0.5, 0.6) is 0 Å². The van der Waals surface area contributed by atoms with Crippen molar-refractivity contribution in [2.45, 2.75) is 47.0 Å². The Balaban J connectivity index is 2.69. The van der Waals surface area contributed by atoms with Gasteiger partial charge in [-0.25, -0.2) is 0 Å². The van der Waals surface area contributed by atoms with Crippen LogP contribution in [-0.2, 0) is 0 Å². The zero-order valence-electron chi connectivity index (χ0n) is 10.6. The van der Waals surface area contributed by atoms with Crippen molar-refractivity contribution >= 4 is 0 Å². The van der Waals surface area contributed by atoms with Crippen molar-refractivity contribution in [2.75, 3.05) is 6.54 Å². The molecule has 0 saturated heterocycles. The molecule has 0 aromatic heterocycles. The van der Waals surface area contributed by atoms with Gasteiger partial charge < -0.3 is 5.73 Å². The monoisotopic (exact) mass is 207 g/mol. The number of hydrogen-bond donors (Lipinski definition) is 1. The summed E-state index contributed by atoms with van der Waals surface area (Å²) in [7, 11) is 0. The Bertz CT molecular complexity index is 273. The Kier molecular flexibility index (Phi) is 4.15. The predicted octanol–water partition coefficient (Wildman–Crippen LogP) is 3.66. The van der Waals surface area contributed by atoms with E-state index in [1.165, 1.54) is 24.8 Å².